The number of halogens is 1. The third-order valence-corrected chi connectivity index (χ3v) is 6.25. The van der Waals surface area contributed by atoms with E-state index in [0.29, 0.717) is 45.3 Å². The molecule has 0 bridgehead atoms. The molecule has 5 rings (SSSR count). The van der Waals surface area contributed by atoms with Gasteiger partial charge in [-0.2, -0.15) is 0 Å². The minimum Gasteiger partial charge on any atom is -0.503 e. The first kappa shape index (κ1) is 23.5. The van der Waals surface area contributed by atoms with Crippen molar-refractivity contribution >= 4 is 39.9 Å². The van der Waals surface area contributed by atoms with Crippen LogP contribution in [0.25, 0.3) is 11.0 Å². The molecule has 1 N–H and O–H groups in total. The second kappa shape index (κ2) is 9.43. The summed E-state index contributed by atoms with van der Waals surface area (Å²) < 4.78 is 16.8. The minimum absolute atomic E-state index is 0.0206. The number of hydrogen-bond acceptors (Lipinski definition) is 6. The predicted molar refractivity (Wildman–Crippen MR) is 136 cm³/mol. The molecule has 182 valence electrons. The molecule has 2 heterocycles. The predicted octanol–water partition coefficient (Wildman–Crippen LogP) is 6.28. The van der Waals surface area contributed by atoms with Crippen LogP contribution in [0.4, 0.5) is 5.69 Å². The molecule has 0 aliphatic carbocycles. The third kappa shape index (κ3) is 3.97. The van der Waals surface area contributed by atoms with E-state index in [9.17, 15) is 14.7 Å². The van der Waals surface area contributed by atoms with Crippen LogP contribution in [0, 0.1) is 0 Å². The zero-order valence-electron chi connectivity index (χ0n) is 19.5. The average molecular weight is 504 g/mol. The highest BCUT2D eigenvalue weighted by Crippen LogP contribution is 2.43. The highest BCUT2D eigenvalue weighted by Gasteiger charge is 2.45. The SMILES string of the molecule is CCOc1cccc(N2C(=O)C(O)=C(C(=O)c3cc4cccc(OC)c4o3)C2c2ccc(Cl)cc2)c1. The number of ether oxygens (including phenoxy) is 2. The largest absolute Gasteiger partial charge is 0.503 e. The highest BCUT2D eigenvalue weighted by atomic mass is 35.5. The van der Waals surface area contributed by atoms with Crippen molar-refractivity contribution in [2.24, 2.45) is 0 Å². The molecule has 0 fully saturated rings. The molecule has 7 nitrogen and oxygen atoms in total. The van der Waals surface area contributed by atoms with Gasteiger partial charge >= 0.3 is 0 Å². The number of benzene rings is 3. The number of fused-ring (bicyclic) bond motifs is 1. The normalized spacial score (nSPS) is 15.6. The number of aliphatic hydroxyl groups excluding tert-OH is 1. The number of aliphatic hydroxyl groups is 1. The van der Waals surface area contributed by atoms with Crippen molar-refractivity contribution in [3.8, 4) is 11.5 Å². The number of hydrogen-bond donors (Lipinski definition) is 1. The van der Waals surface area contributed by atoms with Gasteiger partial charge in [0.2, 0.25) is 5.78 Å². The summed E-state index contributed by atoms with van der Waals surface area (Å²) in [5.41, 5.74) is 1.36. The van der Waals surface area contributed by atoms with E-state index in [1.54, 1.807) is 72.8 Å². The van der Waals surface area contributed by atoms with Crippen molar-refractivity contribution in [3.63, 3.8) is 0 Å². The van der Waals surface area contributed by atoms with Gasteiger partial charge in [0.05, 0.1) is 25.3 Å². The Morgan fingerprint density at radius 2 is 1.83 bits per heavy atom. The van der Waals surface area contributed by atoms with Gasteiger partial charge in [-0.1, -0.05) is 41.9 Å². The number of nitrogens with zero attached hydrogens (tertiary/aromatic N) is 1. The molecule has 1 amide bonds. The Morgan fingerprint density at radius 3 is 2.56 bits per heavy atom. The zero-order valence-corrected chi connectivity index (χ0v) is 20.3. The Hall–Kier alpha value is -4.23. The van der Waals surface area contributed by atoms with Gasteiger partial charge in [0, 0.05) is 22.2 Å². The molecule has 0 saturated carbocycles. The summed E-state index contributed by atoms with van der Waals surface area (Å²) in [7, 11) is 1.51. The van der Waals surface area contributed by atoms with E-state index in [2.05, 4.69) is 0 Å². The van der Waals surface area contributed by atoms with Crippen LogP contribution in [0.2, 0.25) is 5.02 Å². The molecule has 4 aromatic rings. The van der Waals surface area contributed by atoms with Crippen molar-refractivity contribution in [3.05, 3.63) is 100 Å². The lowest BCUT2D eigenvalue weighted by Gasteiger charge is -2.27. The van der Waals surface area contributed by atoms with Crippen molar-refractivity contribution in [2.75, 3.05) is 18.6 Å². The van der Waals surface area contributed by atoms with Crippen molar-refractivity contribution in [1.29, 1.82) is 0 Å². The number of carbonyl (C=O) groups excluding carboxylic acids is 2. The molecule has 36 heavy (non-hydrogen) atoms. The van der Waals surface area contributed by atoms with Crippen LogP contribution in [-0.2, 0) is 4.79 Å². The summed E-state index contributed by atoms with van der Waals surface area (Å²) in [5.74, 6) is -0.956. The second-order valence-electron chi connectivity index (χ2n) is 8.14. The van der Waals surface area contributed by atoms with Crippen LogP contribution in [0.3, 0.4) is 0 Å². The lowest BCUT2D eigenvalue weighted by atomic mass is 9.94. The number of Topliss-reactive ketones (excluding diaryl/α,β-unsaturated/α-hetero) is 1. The molecule has 1 aliphatic rings. The number of methoxy groups -OCH3 is 1. The first-order valence-electron chi connectivity index (χ1n) is 11.3. The van der Waals surface area contributed by atoms with Gasteiger partial charge in [-0.3, -0.25) is 14.5 Å². The number of furan rings is 1. The first-order chi connectivity index (χ1) is 17.4. The molecule has 0 radical (unpaired) electrons. The number of anilines is 1. The van der Waals surface area contributed by atoms with Gasteiger partial charge in [-0.05, 0) is 48.9 Å². The smallest absolute Gasteiger partial charge is 0.294 e. The van der Waals surface area contributed by atoms with Crippen molar-refractivity contribution in [1.82, 2.24) is 0 Å². The van der Waals surface area contributed by atoms with E-state index in [1.807, 2.05) is 6.92 Å². The van der Waals surface area contributed by atoms with Crippen LogP contribution in [0.1, 0.15) is 29.1 Å². The van der Waals surface area contributed by atoms with Crippen LogP contribution >= 0.6 is 11.6 Å². The highest BCUT2D eigenvalue weighted by molar-refractivity contribution is 6.30. The van der Waals surface area contributed by atoms with Crippen LogP contribution in [0.15, 0.2) is 88.5 Å². The Balaban J connectivity index is 1.65. The van der Waals surface area contributed by atoms with E-state index >= 15 is 0 Å². The average Bonchev–Trinajstić information content (AvgIpc) is 3.44. The summed E-state index contributed by atoms with van der Waals surface area (Å²) >= 11 is 6.10. The maximum atomic E-state index is 13.8. The van der Waals surface area contributed by atoms with Gasteiger partial charge < -0.3 is 19.0 Å². The van der Waals surface area contributed by atoms with Crippen LogP contribution in [0.5, 0.6) is 11.5 Å². The van der Waals surface area contributed by atoms with E-state index in [-0.39, 0.29) is 11.3 Å². The number of para-hydroxylation sites is 1. The Bertz CT molecular complexity index is 1500. The van der Waals surface area contributed by atoms with Gasteiger partial charge in [-0.25, -0.2) is 0 Å². The molecule has 0 spiro atoms. The fraction of sp³-hybridized carbons (Fsp3) is 0.143. The summed E-state index contributed by atoms with van der Waals surface area (Å²) in [6.45, 7) is 2.30. The quantitative estimate of drug-likeness (QED) is 0.299. The minimum atomic E-state index is -0.922. The van der Waals surface area contributed by atoms with E-state index in [4.69, 9.17) is 25.5 Å². The van der Waals surface area contributed by atoms with Crippen LogP contribution < -0.4 is 14.4 Å². The number of amides is 1. The fourth-order valence-corrected chi connectivity index (χ4v) is 4.52. The van der Waals surface area contributed by atoms with Crippen molar-refractivity contribution in [2.45, 2.75) is 13.0 Å². The zero-order chi connectivity index (χ0) is 25.4. The van der Waals surface area contributed by atoms with E-state index in [0.717, 1.165) is 0 Å². The standard InChI is InChI=1S/C28H22ClNO6/c1-3-35-20-8-5-7-19(15-20)30-24(16-10-12-18(29)13-11-16)23(26(32)28(30)33)25(31)22-14-17-6-4-9-21(34-2)27(17)36-22/h4-15,24,32H,3H2,1-2H3. The molecule has 1 aliphatic heterocycles. The van der Waals surface area contributed by atoms with Crippen LogP contribution in [-0.4, -0.2) is 30.5 Å². The van der Waals surface area contributed by atoms with E-state index < -0.39 is 23.5 Å². The maximum absolute atomic E-state index is 13.8. The maximum Gasteiger partial charge on any atom is 0.294 e. The Kier molecular flexibility index (Phi) is 6.16. The van der Waals surface area contributed by atoms with Gasteiger partial charge in [0.15, 0.2) is 22.9 Å². The Morgan fingerprint density at radius 1 is 1.08 bits per heavy atom. The monoisotopic (exact) mass is 503 g/mol. The molecule has 0 saturated heterocycles. The lowest BCUT2D eigenvalue weighted by molar-refractivity contribution is -0.117. The van der Waals surface area contributed by atoms with Gasteiger partial charge in [-0.15, -0.1) is 0 Å². The summed E-state index contributed by atoms with van der Waals surface area (Å²) in [6, 6.07) is 19.6. The number of rotatable bonds is 7. The summed E-state index contributed by atoms with van der Waals surface area (Å²) in [6.07, 6.45) is 0. The first-order valence-corrected chi connectivity index (χ1v) is 11.7. The molecule has 8 heteroatoms. The Labute approximate surface area is 212 Å². The molecular weight excluding hydrogens is 482 g/mol. The molecular formula is C28H22ClNO6. The lowest BCUT2D eigenvalue weighted by Crippen LogP contribution is -2.31. The topological polar surface area (TPSA) is 89.2 Å². The molecule has 1 unspecified atom stereocenters. The fourth-order valence-electron chi connectivity index (χ4n) is 4.40. The van der Waals surface area contributed by atoms with Gasteiger partial charge in [0.1, 0.15) is 5.75 Å². The number of ketones is 1. The van der Waals surface area contributed by atoms with Crippen molar-refractivity contribution < 1.29 is 28.6 Å². The summed E-state index contributed by atoms with van der Waals surface area (Å²) in [4.78, 5) is 28.6. The molecule has 1 atom stereocenters. The van der Waals surface area contributed by atoms with E-state index in [1.165, 1.54) is 12.0 Å². The van der Waals surface area contributed by atoms with Gasteiger partial charge in [0.25, 0.3) is 5.91 Å². The number of carbonyl (C=O) groups is 2. The molecule has 3 aromatic carbocycles. The second-order valence-corrected chi connectivity index (χ2v) is 8.58. The molecule has 1 aromatic heterocycles. The summed E-state index contributed by atoms with van der Waals surface area (Å²) in [5, 5.41) is 12.2. The third-order valence-electron chi connectivity index (χ3n) is 6.00.